The molecule has 0 aliphatic rings. The van der Waals surface area contributed by atoms with E-state index in [-0.39, 0.29) is 23.6 Å². The molecule has 0 unspecified atom stereocenters. The highest BCUT2D eigenvalue weighted by Crippen LogP contribution is 2.25. The molecule has 0 spiro atoms. The monoisotopic (exact) mass is 271 g/mol. The summed E-state index contributed by atoms with van der Waals surface area (Å²) in [5.74, 6) is 0.0862. The van der Waals surface area contributed by atoms with Crippen LogP contribution in [-0.4, -0.2) is 17.8 Å². The van der Waals surface area contributed by atoms with E-state index in [1.165, 1.54) is 25.3 Å². The molecule has 2 aromatic rings. The number of benzene rings is 2. The summed E-state index contributed by atoms with van der Waals surface area (Å²) in [6.07, 6.45) is 0.231. The number of methoxy groups -OCH3 is 1. The molecule has 0 N–H and O–H groups in total. The Morgan fingerprint density at radius 1 is 1.20 bits per heavy atom. The van der Waals surface area contributed by atoms with Gasteiger partial charge in [0.05, 0.1) is 23.7 Å². The minimum atomic E-state index is -0.520. The molecule has 2 rings (SSSR count). The second-order valence-corrected chi connectivity index (χ2v) is 4.23. The van der Waals surface area contributed by atoms with E-state index in [1.54, 1.807) is 0 Å². The Bertz CT molecular complexity index is 638. The number of rotatable bonds is 5. The topological polar surface area (TPSA) is 69.4 Å². The maximum absolute atomic E-state index is 12.2. The van der Waals surface area contributed by atoms with E-state index in [9.17, 15) is 14.9 Å². The van der Waals surface area contributed by atoms with E-state index in [0.717, 1.165) is 5.56 Å². The number of Topliss-reactive ketones (excluding diaryl/α,β-unsaturated/α-hetero) is 1. The van der Waals surface area contributed by atoms with Crippen LogP contribution >= 0.6 is 0 Å². The van der Waals surface area contributed by atoms with Gasteiger partial charge < -0.3 is 4.74 Å². The molecule has 0 radical (unpaired) electrons. The third-order valence-corrected chi connectivity index (χ3v) is 2.90. The first-order valence-electron chi connectivity index (χ1n) is 6.01. The fraction of sp³-hybridized carbons (Fsp3) is 0.133. The summed E-state index contributed by atoms with van der Waals surface area (Å²) in [6, 6.07) is 13.3. The molecule has 0 aliphatic heterocycles. The zero-order chi connectivity index (χ0) is 14.5. The van der Waals surface area contributed by atoms with Gasteiger partial charge in [0, 0.05) is 12.5 Å². The molecule has 0 aromatic heterocycles. The number of hydrogen-bond donors (Lipinski definition) is 0. The molecule has 0 heterocycles. The first-order valence-corrected chi connectivity index (χ1v) is 6.01. The van der Waals surface area contributed by atoms with Crippen molar-refractivity contribution < 1.29 is 14.5 Å². The fourth-order valence-corrected chi connectivity index (χ4v) is 1.90. The SMILES string of the molecule is COc1cc([N+](=O)[O-])ccc1C(=O)Cc1ccccc1. The van der Waals surface area contributed by atoms with Gasteiger partial charge in [0.25, 0.3) is 5.69 Å². The van der Waals surface area contributed by atoms with Crippen molar-refractivity contribution in [2.45, 2.75) is 6.42 Å². The van der Waals surface area contributed by atoms with Gasteiger partial charge in [0.2, 0.25) is 0 Å². The van der Waals surface area contributed by atoms with Crippen molar-refractivity contribution in [2.24, 2.45) is 0 Å². The van der Waals surface area contributed by atoms with Crippen molar-refractivity contribution in [3.05, 3.63) is 69.8 Å². The Balaban J connectivity index is 2.28. The van der Waals surface area contributed by atoms with Crippen LogP contribution in [-0.2, 0) is 6.42 Å². The second kappa shape index (κ2) is 5.97. The van der Waals surface area contributed by atoms with E-state index < -0.39 is 4.92 Å². The summed E-state index contributed by atoms with van der Waals surface area (Å²) >= 11 is 0. The molecule has 0 saturated heterocycles. The lowest BCUT2D eigenvalue weighted by atomic mass is 10.0. The summed E-state index contributed by atoms with van der Waals surface area (Å²) in [5.41, 5.74) is 1.14. The van der Waals surface area contributed by atoms with E-state index in [1.807, 2.05) is 30.3 Å². The third kappa shape index (κ3) is 3.00. The van der Waals surface area contributed by atoms with Crippen LogP contribution in [0.3, 0.4) is 0 Å². The number of nitro groups is 1. The Labute approximate surface area is 116 Å². The normalized spacial score (nSPS) is 10.1. The van der Waals surface area contributed by atoms with E-state index in [4.69, 9.17) is 4.74 Å². The minimum Gasteiger partial charge on any atom is -0.496 e. The van der Waals surface area contributed by atoms with Gasteiger partial charge in [-0.05, 0) is 11.6 Å². The number of carbonyl (C=O) groups is 1. The fourth-order valence-electron chi connectivity index (χ4n) is 1.90. The van der Waals surface area contributed by atoms with Crippen molar-refractivity contribution in [1.29, 1.82) is 0 Å². The van der Waals surface area contributed by atoms with E-state index >= 15 is 0 Å². The highest BCUT2D eigenvalue weighted by molar-refractivity contribution is 6.00. The number of non-ortho nitro benzene ring substituents is 1. The maximum Gasteiger partial charge on any atom is 0.273 e. The average Bonchev–Trinajstić information content (AvgIpc) is 2.47. The van der Waals surface area contributed by atoms with Crippen molar-refractivity contribution in [3.63, 3.8) is 0 Å². The summed E-state index contributed by atoms with van der Waals surface area (Å²) in [6.45, 7) is 0. The number of hydrogen-bond acceptors (Lipinski definition) is 4. The van der Waals surface area contributed by atoms with Gasteiger partial charge >= 0.3 is 0 Å². The van der Waals surface area contributed by atoms with Gasteiger partial charge in [0.1, 0.15) is 5.75 Å². The zero-order valence-corrected chi connectivity index (χ0v) is 10.9. The van der Waals surface area contributed by atoms with Crippen LogP contribution in [0.5, 0.6) is 5.75 Å². The smallest absolute Gasteiger partial charge is 0.273 e. The van der Waals surface area contributed by atoms with Crippen molar-refractivity contribution >= 4 is 11.5 Å². The maximum atomic E-state index is 12.2. The lowest BCUT2D eigenvalue weighted by molar-refractivity contribution is -0.384. The Hall–Kier alpha value is -2.69. The molecule has 0 saturated carbocycles. The largest absolute Gasteiger partial charge is 0.496 e. The van der Waals surface area contributed by atoms with Crippen LogP contribution in [0.1, 0.15) is 15.9 Å². The van der Waals surface area contributed by atoms with Crippen molar-refractivity contribution in [3.8, 4) is 5.75 Å². The van der Waals surface area contributed by atoms with Crippen LogP contribution in [0.4, 0.5) is 5.69 Å². The number of nitrogens with zero attached hydrogens (tertiary/aromatic N) is 1. The highest BCUT2D eigenvalue weighted by Gasteiger charge is 2.16. The predicted molar refractivity (Wildman–Crippen MR) is 74.1 cm³/mol. The second-order valence-electron chi connectivity index (χ2n) is 4.23. The molecule has 5 nitrogen and oxygen atoms in total. The van der Waals surface area contributed by atoms with Crippen molar-refractivity contribution in [2.75, 3.05) is 7.11 Å². The zero-order valence-electron chi connectivity index (χ0n) is 10.9. The van der Waals surface area contributed by atoms with Gasteiger partial charge in [-0.1, -0.05) is 30.3 Å². The standard InChI is InChI=1S/C15H13NO4/c1-20-15-10-12(16(18)19)7-8-13(15)14(17)9-11-5-3-2-4-6-11/h2-8,10H,9H2,1H3. The molecular weight excluding hydrogens is 258 g/mol. The molecule has 102 valence electrons. The van der Waals surface area contributed by atoms with Gasteiger partial charge in [0.15, 0.2) is 5.78 Å². The molecule has 0 atom stereocenters. The number of carbonyl (C=O) groups excluding carboxylic acids is 1. The van der Waals surface area contributed by atoms with Crippen molar-refractivity contribution in [1.82, 2.24) is 0 Å². The van der Waals surface area contributed by atoms with Crippen LogP contribution in [0.15, 0.2) is 48.5 Å². The first-order chi connectivity index (χ1) is 9.61. The summed E-state index contributed by atoms with van der Waals surface area (Å²) < 4.78 is 5.07. The van der Waals surface area contributed by atoms with Gasteiger partial charge in [-0.15, -0.1) is 0 Å². The lowest BCUT2D eigenvalue weighted by Crippen LogP contribution is -2.06. The minimum absolute atomic E-state index is 0.0990. The lowest BCUT2D eigenvalue weighted by Gasteiger charge is -2.07. The Morgan fingerprint density at radius 3 is 2.50 bits per heavy atom. The first kappa shape index (κ1) is 13.7. The number of ketones is 1. The highest BCUT2D eigenvalue weighted by atomic mass is 16.6. The molecule has 0 amide bonds. The quantitative estimate of drug-likeness (QED) is 0.476. The van der Waals surface area contributed by atoms with Crippen LogP contribution in [0.25, 0.3) is 0 Å². The molecule has 5 heteroatoms. The Kier molecular flexibility index (Phi) is 4.10. The van der Waals surface area contributed by atoms with Gasteiger partial charge in [-0.25, -0.2) is 0 Å². The van der Waals surface area contributed by atoms with Crippen LogP contribution < -0.4 is 4.74 Å². The molecular formula is C15H13NO4. The van der Waals surface area contributed by atoms with E-state index in [2.05, 4.69) is 0 Å². The molecule has 0 aliphatic carbocycles. The van der Waals surface area contributed by atoms with E-state index in [0.29, 0.717) is 5.56 Å². The molecule has 20 heavy (non-hydrogen) atoms. The number of ether oxygens (including phenoxy) is 1. The molecule has 0 fully saturated rings. The third-order valence-electron chi connectivity index (χ3n) is 2.90. The van der Waals surface area contributed by atoms with Gasteiger partial charge in [-0.2, -0.15) is 0 Å². The van der Waals surface area contributed by atoms with Gasteiger partial charge in [-0.3, -0.25) is 14.9 Å². The average molecular weight is 271 g/mol. The predicted octanol–water partition coefficient (Wildman–Crippen LogP) is 3.03. The van der Waals surface area contributed by atoms with Crippen LogP contribution in [0, 0.1) is 10.1 Å². The Morgan fingerprint density at radius 2 is 1.90 bits per heavy atom. The summed E-state index contributed by atoms with van der Waals surface area (Å²) in [4.78, 5) is 22.4. The summed E-state index contributed by atoms with van der Waals surface area (Å²) in [7, 11) is 1.39. The van der Waals surface area contributed by atoms with Crippen LogP contribution in [0.2, 0.25) is 0 Å². The molecule has 0 bridgehead atoms. The molecule has 2 aromatic carbocycles. The summed E-state index contributed by atoms with van der Waals surface area (Å²) in [5, 5.41) is 10.7. The number of nitro benzene ring substituents is 1.